The van der Waals surface area contributed by atoms with Crippen LogP contribution in [-0.2, 0) is 12.0 Å². The van der Waals surface area contributed by atoms with Gasteiger partial charge in [-0.1, -0.05) is 34.6 Å². The van der Waals surface area contributed by atoms with Crippen LogP contribution in [-0.4, -0.2) is 25.1 Å². The smallest absolute Gasteiger partial charge is 0.129 e. The standard InChI is InChI=1S/C18H31N3/c1-17(2,3)15-10-14(12-19-6)11-16(20-15)21-9-7-8-18(4,5)13-21/h10-11,19H,7-9,12-13H2,1-6H3. The summed E-state index contributed by atoms with van der Waals surface area (Å²) in [6.45, 7) is 14.6. The average Bonchev–Trinajstić information content (AvgIpc) is 2.36. The van der Waals surface area contributed by atoms with E-state index in [2.05, 4.69) is 57.0 Å². The number of rotatable bonds is 3. The molecule has 0 unspecified atom stereocenters. The number of anilines is 1. The lowest BCUT2D eigenvalue weighted by Gasteiger charge is -2.39. The third-order valence-corrected chi connectivity index (χ3v) is 4.25. The summed E-state index contributed by atoms with van der Waals surface area (Å²) in [5.74, 6) is 1.15. The Morgan fingerprint density at radius 2 is 2.00 bits per heavy atom. The first-order valence-electron chi connectivity index (χ1n) is 8.12. The zero-order chi connectivity index (χ0) is 15.7. The van der Waals surface area contributed by atoms with E-state index >= 15 is 0 Å². The van der Waals surface area contributed by atoms with Crippen LogP contribution in [0, 0.1) is 5.41 Å². The Morgan fingerprint density at radius 3 is 2.57 bits per heavy atom. The average molecular weight is 289 g/mol. The molecular formula is C18H31N3. The summed E-state index contributed by atoms with van der Waals surface area (Å²) < 4.78 is 0. The van der Waals surface area contributed by atoms with Crippen LogP contribution in [0.4, 0.5) is 5.82 Å². The molecule has 1 aromatic rings. The van der Waals surface area contributed by atoms with E-state index in [1.165, 1.54) is 24.1 Å². The second-order valence-corrected chi connectivity index (χ2v) is 8.19. The van der Waals surface area contributed by atoms with Crippen LogP contribution in [0.5, 0.6) is 0 Å². The fourth-order valence-corrected chi connectivity index (χ4v) is 3.04. The normalized spacial score (nSPS) is 18.9. The van der Waals surface area contributed by atoms with Gasteiger partial charge in [0.25, 0.3) is 0 Å². The quantitative estimate of drug-likeness (QED) is 0.919. The summed E-state index contributed by atoms with van der Waals surface area (Å²) in [4.78, 5) is 7.44. The summed E-state index contributed by atoms with van der Waals surface area (Å²) in [5.41, 5.74) is 2.99. The van der Waals surface area contributed by atoms with Crippen molar-refractivity contribution in [1.29, 1.82) is 0 Å². The lowest BCUT2D eigenvalue weighted by atomic mass is 9.84. The molecule has 0 amide bonds. The van der Waals surface area contributed by atoms with E-state index < -0.39 is 0 Å². The van der Waals surface area contributed by atoms with Gasteiger partial charge in [0.2, 0.25) is 0 Å². The van der Waals surface area contributed by atoms with Gasteiger partial charge in [-0.2, -0.15) is 0 Å². The molecule has 1 aromatic heterocycles. The van der Waals surface area contributed by atoms with Gasteiger partial charge >= 0.3 is 0 Å². The highest BCUT2D eigenvalue weighted by atomic mass is 15.2. The van der Waals surface area contributed by atoms with E-state index in [4.69, 9.17) is 4.98 Å². The Hall–Kier alpha value is -1.09. The predicted molar refractivity (Wildman–Crippen MR) is 90.9 cm³/mol. The molecule has 1 fully saturated rings. The summed E-state index contributed by atoms with van der Waals surface area (Å²) >= 11 is 0. The first kappa shape index (κ1) is 16.3. The maximum absolute atomic E-state index is 4.97. The Labute approximate surface area is 130 Å². The molecule has 118 valence electrons. The second kappa shape index (κ2) is 5.96. The number of pyridine rings is 1. The molecule has 0 atom stereocenters. The van der Waals surface area contributed by atoms with Gasteiger partial charge in [0.05, 0.1) is 0 Å². The minimum Gasteiger partial charge on any atom is -0.356 e. The van der Waals surface area contributed by atoms with Gasteiger partial charge in [-0.05, 0) is 43.0 Å². The molecule has 1 aliphatic rings. The molecule has 3 nitrogen and oxygen atoms in total. The highest BCUT2D eigenvalue weighted by molar-refractivity contribution is 5.44. The number of hydrogen-bond acceptors (Lipinski definition) is 3. The van der Waals surface area contributed by atoms with Gasteiger partial charge in [0.1, 0.15) is 5.82 Å². The van der Waals surface area contributed by atoms with Crippen LogP contribution >= 0.6 is 0 Å². The van der Waals surface area contributed by atoms with Gasteiger partial charge in [-0.15, -0.1) is 0 Å². The number of nitrogens with one attached hydrogen (secondary N) is 1. The predicted octanol–water partition coefficient (Wildman–Crippen LogP) is 3.72. The highest BCUT2D eigenvalue weighted by Gasteiger charge is 2.28. The first-order chi connectivity index (χ1) is 9.71. The summed E-state index contributed by atoms with van der Waals surface area (Å²) in [6.07, 6.45) is 2.57. The van der Waals surface area contributed by atoms with E-state index in [1.54, 1.807) is 0 Å². The fraction of sp³-hybridized carbons (Fsp3) is 0.722. The second-order valence-electron chi connectivity index (χ2n) is 8.19. The SMILES string of the molecule is CNCc1cc(N2CCCC(C)(C)C2)nc(C(C)(C)C)c1. The minimum absolute atomic E-state index is 0.0871. The Bertz CT molecular complexity index is 486. The minimum atomic E-state index is 0.0871. The molecule has 2 heterocycles. The van der Waals surface area contributed by atoms with Crippen LogP contribution in [0.1, 0.15) is 58.7 Å². The monoisotopic (exact) mass is 289 g/mol. The van der Waals surface area contributed by atoms with Crippen molar-refractivity contribution in [2.24, 2.45) is 5.41 Å². The topological polar surface area (TPSA) is 28.2 Å². The maximum Gasteiger partial charge on any atom is 0.129 e. The largest absolute Gasteiger partial charge is 0.356 e. The Kier molecular flexibility index (Phi) is 4.62. The third-order valence-electron chi connectivity index (χ3n) is 4.25. The molecule has 1 saturated heterocycles. The molecule has 0 spiro atoms. The number of aromatic nitrogens is 1. The molecule has 2 rings (SSSR count). The van der Waals surface area contributed by atoms with Gasteiger partial charge in [-0.3, -0.25) is 0 Å². The van der Waals surface area contributed by atoms with Crippen LogP contribution in [0.2, 0.25) is 0 Å². The first-order valence-corrected chi connectivity index (χ1v) is 8.12. The van der Waals surface area contributed by atoms with Crippen LogP contribution in [0.3, 0.4) is 0 Å². The summed E-state index contributed by atoms with van der Waals surface area (Å²) in [6, 6.07) is 4.50. The highest BCUT2D eigenvalue weighted by Crippen LogP contribution is 2.32. The van der Waals surface area contributed by atoms with Crippen molar-refractivity contribution in [3.8, 4) is 0 Å². The number of piperidine rings is 1. The van der Waals surface area contributed by atoms with Crippen molar-refractivity contribution < 1.29 is 0 Å². The van der Waals surface area contributed by atoms with Crippen molar-refractivity contribution in [2.45, 2.75) is 59.4 Å². The van der Waals surface area contributed by atoms with Crippen molar-refractivity contribution in [3.05, 3.63) is 23.4 Å². The van der Waals surface area contributed by atoms with E-state index in [1.807, 2.05) is 7.05 Å². The third kappa shape index (κ3) is 4.19. The summed E-state index contributed by atoms with van der Waals surface area (Å²) in [5, 5.41) is 3.26. The lowest BCUT2D eigenvalue weighted by Crippen LogP contribution is -2.40. The molecular weight excluding hydrogens is 258 g/mol. The maximum atomic E-state index is 4.97. The molecule has 0 bridgehead atoms. The van der Waals surface area contributed by atoms with Crippen LogP contribution in [0.25, 0.3) is 0 Å². The zero-order valence-electron chi connectivity index (χ0n) is 14.6. The van der Waals surface area contributed by atoms with Gasteiger partial charge < -0.3 is 10.2 Å². The molecule has 0 saturated carbocycles. The Morgan fingerprint density at radius 1 is 1.29 bits per heavy atom. The zero-order valence-corrected chi connectivity index (χ0v) is 14.6. The van der Waals surface area contributed by atoms with E-state index in [-0.39, 0.29) is 5.41 Å². The molecule has 0 radical (unpaired) electrons. The van der Waals surface area contributed by atoms with E-state index in [0.29, 0.717) is 5.41 Å². The molecule has 3 heteroatoms. The van der Waals surface area contributed by atoms with Crippen molar-refractivity contribution >= 4 is 5.82 Å². The molecule has 0 aliphatic carbocycles. The van der Waals surface area contributed by atoms with Crippen molar-refractivity contribution in [3.63, 3.8) is 0 Å². The van der Waals surface area contributed by atoms with E-state index in [0.717, 1.165) is 25.5 Å². The van der Waals surface area contributed by atoms with E-state index in [9.17, 15) is 0 Å². The fourth-order valence-electron chi connectivity index (χ4n) is 3.04. The van der Waals surface area contributed by atoms with Crippen LogP contribution in [0.15, 0.2) is 12.1 Å². The van der Waals surface area contributed by atoms with Crippen LogP contribution < -0.4 is 10.2 Å². The van der Waals surface area contributed by atoms with Gasteiger partial charge in [0, 0.05) is 30.7 Å². The molecule has 21 heavy (non-hydrogen) atoms. The summed E-state index contributed by atoms with van der Waals surface area (Å²) in [7, 11) is 2.00. The molecule has 0 aromatic carbocycles. The number of nitrogens with zero attached hydrogens (tertiary/aromatic N) is 2. The van der Waals surface area contributed by atoms with Crippen molar-refractivity contribution in [2.75, 3.05) is 25.0 Å². The Balaban J connectivity index is 2.35. The van der Waals surface area contributed by atoms with Gasteiger partial charge in [0.15, 0.2) is 0 Å². The number of hydrogen-bond donors (Lipinski definition) is 1. The van der Waals surface area contributed by atoms with Gasteiger partial charge in [-0.25, -0.2) is 4.98 Å². The molecule has 1 N–H and O–H groups in total. The lowest BCUT2D eigenvalue weighted by molar-refractivity contribution is 0.292. The van der Waals surface area contributed by atoms with Crippen molar-refractivity contribution in [1.82, 2.24) is 10.3 Å². The molecule has 1 aliphatic heterocycles.